The van der Waals surface area contributed by atoms with Gasteiger partial charge in [-0.05, 0) is 30.3 Å². The monoisotopic (exact) mass is 358 g/mol. The maximum Gasteiger partial charge on any atom is 0.416 e. The summed E-state index contributed by atoms with van der Waals surface area (Å²) >= 11 is 0. The molecule has 2 rings (SSSR count). The van der Waals surface area contributed by atoms with Gasteiger partial charge in [-0.3, -0.25) is 14.9 Å². The molecule has 0 aliphatic heterocycles. The number of nitro groups is 1. The average molecular weight is 358 g/mol. The molecule has 10 heteroatoms. The van der Waals surface area contributed by atoms with E-state index in [1.807, 2.05) is 0 Å². The molecule has 0 aromatic heterocycles. The van der Waals surface area contributed by atoms with Gasteiger partial charge in [-0.25, -0.2) is 4.39 Å². The number of carbonyl (C=O) groups is 1. The van der Waals surface area contributed by atoms with Crippen molar-refractivity contribution < 1.29 is 32.0 Å². The van der Waals surface area contributed by atoms with Crippen LogP contribution >= 0.6 is 0 Å². The Morgan fingerprint density at radius 3 is 2.32 bits per heavy atom. The molecular formula is C15H10F4N2O4. The molecule has 0 fully saturated rings. The van der Waals surface area contributed by atoms with E-state index in [-0.39, 0.29) is 11.4 Å². The van der Waals surface area contributed by atoms with E-state index in [0.717, 1.165) is 36.4 Å². The standard InChI is InChI=1S/C15H10F4N2O4/c16-12-7-11(21(23)24)5-6-13(12)25-8-14(22)20-10-3-1-9(2-4-10)15(17,18)19/h1-7H,8H2,(H,20,22). The van der Waals surface area contributed by atoms with E-state index < -0.39 is 40.7 Å². The molecule has 0 aliphatic carbocycles. The Bertz CT molecular complexity index is 791. The van der Waals surface area contributed by atoms with Crippen LogP contribution in [-0.2, 0) is 11.0 Å². The van der Waals surface area contributed by atoms with Gasteiger partial charge in [0.2, 0.25) is 0 Å². The molecule has 0 radical (unpaired) electrons. The van der Waals surface area contributed by atoms with Gasteiger partial charge < -0.3 is 10.1 Å². The highest BCUT2D eigenvalue weighted by Gasteiger charge is 2.30. The van der Waals surface area contributed by atoms with Crippen LogP contribution in [-0.4, -0.2) is 17.4 Å². The zero-order valence-electron chi connectivity index (χ0n) is 12.3. The summed E-state index contributed by atoms with van der Waals surface area (Å²) in [5, 5.41) is 12.8. The summed E-state index contributed by atoms with van der Waals surface area (Å²) in [7, 11) is 0. The van der Waals surface area contributed by atoms with Crippen molar-refractivity contribution in [3.63, 3.8) is 0 Å². The molecule has 0 spiro atoms. The fraction of sp³-hybridized carbons (Fsp3) is 0.133. The lowest BCUT2D eigenvalue weighted by atomic mass is 10.2. The minimum atomic E-state index is -4.49. The number of carbonyl (C=O) groups excluding carboxylic acids is 1. The molecule has 2 aromatic rings. The van der Waals surface area contributed by atoms with Gasteiger partial charge in [0.25, 0.3) is 11.6 Å². The van der Waals surface area contributed by atoms with Gasteiger partial charge >= 0.3 is 6.18 Å². The van der Waals surface area contributed by atoms with Crippen molar-refractivity contribution in [2.75, 3.05) is 11.9 Å². The predicted octanol–water partition coefficient (Wildman–Crippen LogP) is 3.77. The van der Waals surface area contributed by atoms with E-state index in [0.29, 0.717) is 6.07 Å². The van der Waals surface area contributed by atoms with Crippen molar-refractivity contribution in [1.82, 2.24) is 0 Å². The minimum Gasteiger partial charge on any atom is -0.481 e. The summed E-state index contributed by atoms with van der Waals surface area (Å²) in [5.74, 6) is -2.12. The maximum atomic E-state index is 13.6. The number of hydrogen-bond acceptors (Lipinski definition) is 4. The first-order chi connectivity index (χ1) is 11.7. The number of nitrogens with one attached hydrogen (secondary N) is 1. The molecule has 0 bridgehead atoms. The number of benzene rings is 2. The van der Waals surface area contributed by atoms with Crippen molar-refractivity contribution in [3.05, 3.63) is 64.0 Å². The lowest BCUT2D eigenvalue weighted by molar-refractivity contribution is -0.385. The molecule has 6 nitrogen and oxygen atoms in total. The normalized spacial score (nSPS) is 11.0. The Morgan fingerprint density at radius 2 is 1.80 bits per heavy atom. The number of nitrogens with zero attached hydrogens (tertiary/aromatic N) is 1. The molecule has 132 valence electrons. The number of ether oxygens (including phenoxy) is 1. The molecule has 0 saturated heterocycles. The summed E-state index contributed by atoms with van der Waals surface area (Å²) in [5.41, 5.74) is -1.24. The second-order valence-corrected chi connectivity index (χ2v) is 4.78. The van der Waals surface area contributed by atoms with Gasteiger partial charge in [-0.1, -0.05) is 0 Å². The molecule has 1 amide bonds. The van der Waals surface area contributed by atoms with Gasteiger partial charge in [-0.2, -0.15) is 13.2 Å². The highest BCUT2D eigenvalue weighted by molar-refractivity contribution is 5.91. The third-order valence-corrected chi connectivity index (χ3v) is 2.98. The van der Waals surface area contributed by atoms with Crippen LogP contribution in [0, 0.1) is 15.9 Å². The molecule has 0 unspecified atom stereocenters. The number of halogens is 4. The number of anilines is 1. The SMILES string of the molecule is O=C(COc1ccc([N+](=O)[O-])cc1F)Nc1ccc(C(F)(F)F)cc1. The molecule has 25 heavy (non-hydrogen) atoms. The predicted molar refractivity (Wildman–Crippen MR) is 78.6 cm³/mol. The van der Waals surface area contributed by atoms with E-state index in [2.05, 4.69) is 5.32 Å². The number of rotatable bonds is 5. The number of hydrogen-bond donors (Lipinski definition) is 1. The first kappa shape index (κ1) is 18.2. The second kappa shape index (κ2) is 7.16. The summed E-state index contributed by atoms with van der Waals surface area (Å²) < 4.78 is 55.7. The number of non-ortho nitro benzene ring substituents is 1. The van der Waals surface area contributed by atoms with Crippen molar-refractivity contribution in [1.29, 1.82) is 0 Å². The van der Waals surface area contributed by atoms with E-state index >= 15 is 0 Å². The number of amides is 1. The molecule has 0 heterocycles. The van der Waals surface area contributed by atoms with Crippen LogP contribution in [0.4, 0.5) is 28.9 Å². The van der Waals surface area contributed by atoms with E-state index in [1.165, 1.54) is 0 Å². The Morgan fingerprint density at radius 1 is 1.16 bits per heavy atom. The highest BCUT2D eigenvalue weighted by atomic mass is 19.4. The van der Waals surface area contributed by atoms with Crippen molar-refractivity contribution in [2.45, 2.75) is 6.18 Å². The average Bonchev–Trinajstić information content (AvgIpc) is 2.53. The third-order valence-electron chi connectivity index (χ3n) is 2.98. The Balaban J connectivity index is 1.94. The van der Waals surface area contributed by atoms with Gasteiger partial charge in [0.15, 0.2) is 18.2 Å². The number of alkyl halides is 3. The zero-order chi connectivity index (χ0) is 18.6. The van der Waals surface area contributed by atoms with Gasteiger partial charge in [0.1, 0.15) is 0 Å². The van der Waals surface area contributed by atoms with Crippen molar-refractivity contribution in [3.8, 4) is 5.75 Å². The van der Waals surface area contributed by atoms with E-state index in [9.17, 15) is 32.5 Å². The first-order valence-corrected chi connectivity index (χ1v) is 6.70. The smallest absolute Gasteiger partial charge is 0.416 e. The van der Waals surface area contributed by atoms with Crippen molar-refractivity contribution >= 4 is 17.3 Å². The van der Waals surface area contributed by atoms with Crippen LogP contribution in [0.1, 0.15) is 5.56 Å². The fourth-order valence-electron chi connectivity index (χ4n) is 1.80. The largest absolute Gasteiger partial charge is 0.481 e. The van der Waals surface area contributed by atoms with Gasteiger partial charge in [0.05, 0.1) is 16.6 Å². The molecular weight excluding hydrogens is 348 g/mol. The van der Waals surface area contributed by atoms with E-state index in [1.54, 1.807) is 0 Å². The Labute approximate surface area is 138 Å². The Kier molecular flexibility index (Phi) is 5.20. The quantitative estimate of drug-likeness (QED) is 0.501. The van der Waals surface area contributed by atoms with Gasteiger partial charge in [0, 0.05) is 11.8 Å². The molecule has 0 atom stereocenters. The van der Waals surface area contributed by atoms with Crippen LogP contribution in [0.2, 0.25) is 0 Å². The summed E-state index contributed by atoms with van der Waals surface area (Å²) in [6.45, 7) is -0.629. The van der Waals surface area contributed by atoms with Crippen LogP contribution in [0.25, 0.3) is 0 Å². The molecule has 0 saturated carbocycles. The van der Waals surface area contributed by atoms with Gasteiger partial charge in [-0.15, -0.1) is 0 Å². The highest BCUT2D eigenvalue weighted by Crippen LogP contribution is 2.29. The maximum absolute atomic E-state index is 13.6. The third kappa shape index (κ3) is 4.90. The summed E-state index contributed by atoms with van der Waals surface area (Å²) in [6.07, 6.45) is -4.49. The van der Waals surface area contributed by atoms with E-state index in [4.69, 9.17) is 4.74 Å². The van der Waals surface area contributed by atoms with Crippen LogP contribution in [0.3, 0.4) is 0 Å². The molecule has 1 N–H and O–H groups in total. The summed E-state index contributed by atoms with van der Waals surface area (Å²) in [6, 6.07) is 6.37. The molecule has 0 aliphatic rings. The lowest BCUT2D eigenvalue weighted by Gasteiger charge is -2.10. The summed E-state index contributed by atoms with van der Waals surface area (Å²) in [4.78, 5) is 21.4. The topological polar surface area (TPSA) is 81.5 Å². The Hall–Kier alpha value is -3.17. The minimum absolute atomic E-state index is 0.103. The molecule has 2 aromatic carbocycles. The second-order valence-electron chi connectivity index (χ2n) is 4.78. The zero-order valence-corrected chi connectivity index (χ0v) is 12.3. The van der Waals surface area contributed by atoms with Crippen LogP contribution in [0.5, 0.6) is 5.75 Å². The lowest BCUT2D eigenvalue weighted by Crippen LogP contribution is -2.20. The first-order valence-electron chi connectivity index (χ1n) is 6.70. The van der Waals surface area contributed by atoms with Crippen LogP contribution < -0.4 is 10.1 Å². The number of nitro benzene ring substituents is 1. The van der Waals surface area contributed by atoms with Crippen molar-refractivity contribution in [2.24, 2.45) is 0 Å². The van der Waals surface area contributed by atoms with Crippen LogP contribution in [0.15, 0.2) is 42.5 Å². The fourth-order valence-corrected chi connectivity index (χ4v) is 1.80.